The van der Waals surface area contributed by atoms with Crippen LogP contribution >= 0.6 is 11.8 Å². The van der Waals surface area contributed by atoms with Crippen LogP contribution in [0, 0.1) is 17.8 Å². The normalized spacial score (nSPS) is 36.4. The van der Waals surface area contributed by atoms with Crippen LogP contribution in [0.4, 0.5) is 0 Å². The lowest BCUT2D eigenvalue weighted by Crippen LogP contribution is -2.57. The van der Waals surface area contributed by atoms with E-state index in [4.69, 9.17) is 4.74 Å². The predicted octanol–water partition coefficient (Wildman–Crippen LogP) is -0.709. The molecule has 9 nitrogen and oxygen atoms in total. The predicted molar refractivity (Wildman–Crippen MR) is 121 cm³/mol. The molecule has 1 spiro atoms. The monoisotopic (exact) mass is 468 g/mol. The summed E-state index contributed by atoms with van der Waals surface area (Å²) in [5.74, 6) is -1.20. The fourth-order valence-corrected chi connectivity index (χ4v) is 8.51. The maximum atomic E-state index is 13.6. The number of amides is 3. The SMILES string of the molecule is CCCNC(=O)[C@@H]1[C@H]2C(=O)N(CCO)C(C(=O)NCCN3CCOCC3)C23S[C@@H]1CC3C. The number of nitrogens with zero attached hydrogens (tertiary/aromatic N) is 2. The molecule has 0 aromatic carbocycles. The van der Waals surface area contributed by atoms with Gasteiger partial charge >= 0.3 is 0 Å². The Kier molecular flexibility index (Phi) is 7.33. The first-order valence-corrected chi connectivity index (χ1v) is 12.8. The van der Waals surface area contributed by atoms with Crippen LogP contribution < -0.4 is 10.6 Å². The largest absolute Gasteiger partial charge is 0.395 e. The summed E-state index contributed by atoms with van der Waals surface area (Å²) in [6.45, 7) is 8.94. The first-order chi connectivity index (χ1) is 15.5. The minimum Gasteiger partial charge on any atom is -0.395 e. The molecule has 4 aliphatic heterocycles. The van der Waals surface area contributed by atoms with E-state index in [0.717, 1.165) is 32.5 Å². The van der Waals surface area contributed by atoms with Gasteiger partial charge < -0.3 is 25.4 Å². The summed E-state index contributed by atoms with van der Waals surface area (Å²) >= 11 is 1.67. The second-order valence-corrected chi connectivity index (χ2v) is 10.9. The number of carbonyl (C=O) groups excluding carboxylic acids is 3. The molecule has 3 unspecified atom stereocenters. The van der Waals surface area contributed by atoms with E-state index in [1.165, 1.54) is 0 Å². The Morgan fingerprint density at radius 1 is 1.19 bits per heavy atom. The number of nitrogens with one attached hydrogen (secondary N) is 2. The number of thioether (sulfide) groups is 1. The van der Waals surface area contributed by atoms with Gasteiger partial charge in [0.05, 0.1) is 36.4 Å². The lowest BCUT2D eigenvalue weighted by molar-refractivity contribution is -0.140. The molecule has 180 valence electrons. The van der Waals surface area contributed by atoms with Crippen molar-refractivity contribution >= 4 is 29.5 Å². The van der Waals surface area contributed by atoms with Crippen molar-refractivity contribution in [1.29, 1.82) is 0 Å². The molecular formula is C22H36N4O5S. The highest BCUT2D eigenvalue weighted by Crippen LogP contribution is 2.68. The Hall–Kier alpha value is -1.36. The Labute approximate surface area is 194 Å². The summed E-state index contributed by atoms with van der Waals surface area (Å²) in [5, 5.41) is 15.7. The van der Waals surface area contributed by atoms with Crippen molar-refractivity contribution in [3.63, 3.8) is 0 Å². The van der Waals surface area contributed by atoms with Gasteiger partial charge in [0.15, 0.2) is 0 Å². The third kappa shape index (κ3) is 3.93. The van der Waals surface area contributed by atoms with Crippen molar-refractivity contribution in [1.82, 2.24) is 20.4 Å². The highest BCUT2D eigenvalue weighted by atomic mass is 32.2. The molecule has 0 radical (unpaired) electrons. The number of carbonyl (C=O) groups is 3. The molecule has 4 aliphatic rings. The summed E-state index contributed by atoms with van der Waals surface area (Å²) in [6.07, 6.45) is 1.66. The first kappa shape index (κ1) is 23.8. The Balaban J connectivity index is 1.53. The average molecular weight is 469 g/mol. The number of rotatable bonds is 9. The zero-order chi connectivity index (χ0) is 22.9. The molecule has 0 aliphatic carbocycles. The molecule has 4 saturated heterocycles. The smallest absolute Gasteiger partial charge is 0.244 e. The number of hydrogen-bond acceptors (Lipinski definition) is 7. The summed E-state index contributed by atoms with van der Waals surface area (Å²) in [4.78, 5) is 43.9. The maximum Gasteiger partial charge on any atom is 0.244 e. The average Bonchev–Trinajstić information content (AvgIpc) is 3.37. The molecule has 4 heterocycles. The van der Waals surface area contributed by atoms with E-state index in [9.17, 15) is 19.5 Å². The Morgan fingerprint density at radius 2 is 1.91 bits per heavy atom. The van der Waals surface area contributed by atoms with Gasteiger partial charge in [0.25, 0.3) is 0 Å². The highest BCUT2D eigenvalue weighted by molar-refractivity contribution is 8.02. The van der Waals surface area contributed by atoms with Crippen LogP contribution in [0.2, 0.25) is 0 Å². The fourth-order valence-electron chi connectivity index (χ4n) is 6.09. The van der Waals surface area contributed by atoms with Crippen LogP contribution in [0.1, 0.15) is 26.7 Å². The minimum atomic E-state index is -0.661. The number of fused-ring (bicyclic) bond motifs is 1. The van der Waals surface area contributed by atoms with Crippen LogP contribution in [-0.4, -0.2) is 108 Å². The van der Waals surface area contributed by atoms with Gasteiger partial charge in [-0.25, -0.2) is 0 Å². The maximum absolute atomic E-state index is 13.6. The summed E-state index contributed by atoms with van der Waals surface area (Å²) in [6, 6.07) is -0.661. The third-order valence-electron chi connectivity index (χ3n) is 7.52. The van der Waals surface area contributed by atoms with E-state index in [2.05, 4.69) is 22.5 Å². The minimum absolute atomic E-state index is 0.0516. The molecule has 0 aromatic rings. The molecule has 4 fully saturated rings. The molecule has 2 bridgehead atoms. The van der Waals surface area contributed by atoms with Gasteiger partial charge in [-0.1, -0.05) is 13.8 Å². The molecule has 0 aromatic heterocycles. The number of β-amino-alcohol motifs (C(OH)–C–C–N with tert-alkyl or cyclic N) is 1. The van der Waals surface area contributed by atoms with Crippen LogP contribution in [0.5, 0.6) is 0 Å². The van der Waals surface area contributed by atoms with Crippen molar-refractivity contribution in [3.05, 3.63) is 0 Å². The van der Waals surface area contributed by atoms with E-state index in [-0.39, 0.29) is 42.0 Å². The van der Waals surface area contributed by atoms with Crippen LogP contribution in [0.25, 0.3) is 0 Å². The van der Waals surface area contributed by atoms with Gasteiger partial charge in [-0.3, -0.25) is 19.3 Å². The molecule has 32 heavy (non-hydrogen) atoms. The zero-order valence-corrected chi connectivity index (χ0v) is 19.9. The van der Waals surface area contributed by atoms with Gasteiger partial charge in [-0.15, -0.1) is 11.8 Å². The topological polar surface area (TPSA) is 111 Å². The van der Waals surface area contributed by atoms with Crippen molar-refractivity contribution < 1.29 is 24.2 Å². The summed E-state index contributed by atoms with van der Waals surface area (Å²) in [7, 11) is 0. The van der Waals surface area contributed by atoms with E-state index in [1.807, 2.05) is 6.92 Å². The summed E-state index contributed by atoms with van der Waals surface area (Å²) in [5.41, 5.74) is 0. The van der Waals surface area contributed by atoms with Crippen molar-refractivity contribution in [2.24, 2.45) is 17.8 Å². The van der Waals surface area contributed by atoms with E-state index >= 15 is 0 Å². The fraction of sp³-hybridized carbons (Fsp3) is 0.864. The van der Waals surface area contributed by atoms with Crippen molar-refractivity contribution in [3.8, 4) is 0 Å². The number of morpholine rings is 1. The van der Waals surface area contributed by atoms with E-state index in [0.29, 0.717) is 26.3 Å². The van der Waals surface area contributed by atoms with Gasteiger partial charge in [0, 0.05) is 44.5 Å². The Morgan fingerprint density at radius 3 is 2.59 bits per heavy atom. The third-order valence-corrected chi connectivity index (χ3v) is 9.59. The molecule has 0 saturated carbocycles. The summed E-state index contributed by atoms with van der Waals surface area (Å²) < 4.78 is 4.76. The molecule has 4 rings (SSSR count). The van der Waals surface area contributed by atoms with Gasteiger partial charge in [0.2, 0.25) is 17.7 Å². The van der Waals surface area contributed by atoms with Gasteiger partial charge in [0.1, 0.15) is 6.04 Å². The number of likely N-dealkylation sites (tertiary alicyclic amines) is 1. The molecule has 10 heteroatoms. The number of ether oxygens (including phenoxy) is 1. The second kappa shape index (κ2) is 9.87. The van der Waals surface area contributed by atoms with E-state index < -0.39 is 22.6 Å². The molecular weight excluding hydrogens is 432 g/mol. The number of aliphatic hydroxyl groups is 1. The van der Waals surface area contributed by atoms with Gasteiger partial charge in [-0.05, 0) is 18.8 Å². The number of hydrogen-bond donors (Lipinski definition) is 3. The lowest BCUT2D eigenvalue weighted by Gasteiger charge is -2.38. The second-order valence-electron chi connectivity index (χ2n) is 9.34. The quantitative estimate of drug-likeness (QED) is 0.410. The molecule has 3 amide bonds. The highest BCUT2D eigenvalue weighted by Gasteiger charge is 2.75. The van der Waals surface area contributed by atoms with Crippen LogP contribution in [0.3, 0.4) is 0 Å². The van der Waals surface area contributed by atoms with E-state index in [1.54, 1.807) is 16.7 Å². The molecule has 6 atom stereocenters. The van der Waals surface area contributed by atoms with Crippen LogP contribution in [-0.2, 0) is 19.1 Å². The van der Waals surface area contributed by atoms with Crippen LogP contribution in [0.15, 0.2) is 0 Å². The standard InChI is InChI=1S/C22H36N4O5S/c1-3-4-23-19(28)16-15-13-14(2)22(32-15)17(16)21(30)26(7-10-27)18(22)20(29)24-5-6-25-8-11-31-12-9-25/h14-18,27H,3-13H2,1-2H3,(H,23,28)(H,24,29)/t14?,15-,16+,17+,18?,22?/m1/s1. The number of aliphatic hydroxyl groups excluding tert-OH is 1. The zero-order valence-electron chi connectivity index (χ0n) is 19.0. The molecule has 3 N–H and O–H groups in total. The van der Waals surface area contributed by atoms with Crippen molar-refractivity contribution in [2.75, 3.05) is 59.1 Å². The first-order valence-electron chi connectivity index (χ1n) is 11.9. The van der Waals surface area contributed by atoms with Crippen molar-refractivity contribution in [2.45, 2.75) is 42.7 Å². The van der Waals surface area contributed by atoms with Gasteiger partial charge in [-0.2, -0.15) is 0 Å². The lowest BCUT2D eigenvalue weighted by atomic mass is 9.66. The Bertz CT molecular complexity index is 733.